The van der Waals surface area contributed by atoms with E-state index in [1.54, 1.807) is 4.90 Å². The molecule has 1 aliphatic carbocycles. The number of rotatable bonds is 4. The summed E-state index contributed by atoms with van der Waals surface area (Å²) in [6.07, 6.45) is 3.52. The molecule has 1 aliphatic heterocycles. The Morgan fingerprint density at radius 1 is 1.30 bits per heavy atom. The number of nitrogens with zero attached hydrogens (tertiary/aromatic N) is 1. The van der Waals surface area contributed by atoms with E-state index in [1.165, 1.54) is 7.11 Å². The Balaban J connectivity index is 1.95. The van der Waals surface area contributed by atoms with Crippen molar-refractivity contribution in [3.05, 3.63) is 0 Å². The van der Waals surface area contributed by atoms with Crippen molar-refractivity contribution in [1.29, 1.82) is 0 Å². The van der Waals surface area contributed by atoms with E-state index in [0.29, 0.717) is 32.4 Å². The Bertz CT molecular complexity index is 414. The van der Waals surface area contributed by atoms with E-state index >= 15 is 0 Å². The molecule has 1 saturated heterocycles. The van der Waals surface area contributed by atoms with Crippen LogP contribution in [0.15, 0.2) is 0 Å². The van der Waals surface area contributed by atoms with Gasteiger partial charge in [0.1, 0.15) is 0 Å². The number of likely N-dealkylation sites (tertiary alicyclic amines) is 1. The number of ether oxygens (including phenoxy) is 1. The van der Waals surface area contributed by atoms with Gasteiger partial charge in [-0.3, -0.25) is 14.4 Å². The van der Waals surface area contributed by atoms with Crippen LogP contribution in [0, 0.1) is 11.3 Å². The summed E-state index contributed by atoms with van der Waals surface area (Å²) < 4.78 is 4.68. The molecule has 0 aromatic heterocycles. The molecule has 20 heavy (non-hydrogen) atoms. The normalized spacial score (nSPS) is 24.6. The summed E-state index contributed by atoms with van der Waals surface area (Å²) in [4.78, 5) is 36.8. The van der Waals surface area contributed by atoms with E-state index in [9.17, 15) is 19.5 Å². The number of carbonyl (C=O) groups excluding carboxylic acids is 2. The monoisotopic (exact) mass is 283 g/mol. The van der Waals surface area contributed by atoms with E-state index in [2.05, 4.69) is 4.74 Å². The average Bonchev–Trinajstić information content (AvgIpc) is 3.07. The quantitative estimate of drug-likeness (QED) is 0.779. The summed E-state index contributed by atoms with van der Waals surface area (Å²) in [5.41, 5.74) is -0.888. The molecular weight excluding hydrogens is 262 g/mol. The second-order valence-electron chi connectivity index (χ2n) is 5.82. The predicted octanol–water partition coefficient (Wildman–Crippen LogP) is 1.04. The van der Waals surface area contributed by atoms with Crippen molar-refractivity contribution in [1.82, 2.24) is 4.90 Å². The lowest BCUT2D eigenvalue weighted by molar-refractivity contribution is -0.153. The van der Waals surface area contributed by atoms with E-state index in [4.69, 9.17) is 0 Å². The molecule has 6 nitrogen and oxygen atoms in total. The van der Waals surface area contributed by atoms with Gasteiger partial charge in [0.25, 0.3) is 0 Å². The van der Waals surface area contributed by atoms with Crippen LogP contribution in [0.1, 0.15) is 38.5 Å². The van der Waals surface area contributed by atoms with Gasteiger partial charge >= 0.3 is 11.9 Å². The topological polar surface area (TPSA) is 83.9 Å². The van der Waals surface area contributed by atoms with Crippen LogP contribution in [-0.4, -0.2) is 48.1 Å². The van der Waals surface area contributed by atoms with Gasteiger partial charge in [-0.15, -0.1) is 0 Å². The molecule has 1 saturated carbocycles. The largest absolute Gasteiger partial charge is 0.481 e. The van der Waals surface area contributed by atoms with E-state index in [1.807, 2.05) is 0 Å². The van der Waals surface area contributed by atoms with Crippen LogP contribution < -0.4 is 0 Å². The molecule has 1 N–H and O–H groups in total. The van der Waals surface area contributed by atoms with Gasteiger partial charge < -0.3 is 14.7 Å². The lowest BCUT2D eigenvalue weighted by atomic mass is 9.82. The fourth-order valence-electron chi connectivity index (χ4n) is 3.27. The van der Waals surface area contributed by atoms with Gasteiger partial charge in [0.05, 0.1) is 18.4 Å². The Labute approximate surface area is 118 Å². The highest BCUT2D eigenvalue weighted by Crippen LogP contribution is 2.42. The summed E-state index contributed by atoms with van der Waals surface area (Å²) in [5.74, 6) is -1.59. The highest BCUT2D eigenvalue weighted by atomic mass is 16.5. The summed E-state index contributed by atoms with van der Waals surface area (Å²) in [5, 5.41) is 9.39. The van der Waals surface area contributed by atoms with Crippen molar-refractivity contribution in [2.75, 3.05) is 20.2 Å². The molecule has 2 fully saturated rings. The van der Waals surface area contributed by atoms with Crippen molar-refractivity contribution in [2.24, 2.45) is 11.3 Å². The number of esters is 1. The van der Waals surface area contributed by atoms with E-state index in [0.717, 1.165) is 12.8 Å². The number of hydrogen-bond acceptors (Lipinski definition) is 4. The molecule has 0 radical (unpaired) electrons. The van der Waals surface area contributed by atoms with Crippen molar-refractivity contribution >= 4 is 17.8 Å². The first-order chi connectivity index (χ1) is 9.48. The fraction of sp³-hybridized carbons (Fsp3) is 0.786. The zero-order chi connectivity index (χ0) is 14.8. The van der Waals surface area contributed by atoms with Gasteiger partial charge in [-0.1, -0.05) is 12.8 Å². The maximum atomic E-state index is 12.3. The molecule has 112 valence electrons. The number of amides is 1. The van der Waals surface area contributed by atoms with Crippen LogP contribution in [0.25, 0.3) is 0 Å². The Morgan fingerprint density at radius 3 is 2.50 bits per heavy atom. The molecule has 6 heteroatoms. The molecule has 0 aromatic carbocycles. The summed E-state index contributed by atoms with van der Waals surface area (Å²) >= 11 is 0. The number of carboxylic acids is 1. The second kappa shape index (κ2) is 5.81. The lowest BCUT2D eigenvalue weighted by Crippen LogP contribution is -2.38. The maximum Gasteiger partial charge on any atom is 0.310 e. The van der Waals surface area contributed by atoms with Crippen LogP contribution in [0.4, 0.5) is 0 Å². The third-order valence-corrected chi connectivity index (χ3v) is 4.58. The minimum atomic E-state index is -0.888. The van der Waals surface area contributed by atoms with Gasteiger partial charge in [0.15, 0.2) is 0 Å². The molecule has 0 spiro atoms. The van der Waals surface area contributed by atoms with Crippen LogP contribution in [-0.2, 0) is 19.1 Å². The van der Waals surface area contributed by atoms with Crippen LogP contribution in [0.3, 0.4) is 0 Å². The zero-order valence-electron chi connectivity index (χ0n) is 11.8. The van der Waals surface area contributed by atoms with Crippen LogP contribution in [0.5, 0.6) is 0 Å². The zero-order valence-corrected chi connectivity index (χ0v) is 11.8. The number of carboxylic acid groups (broad SMARTS) is 1. The molecule has 1 atom stereocenters. The molecule has 0 aromatic rings. The number of hydrogen-bond donors (Lipinski definition) is 1. The van der Waals surface area contributed by atoms with E-state index < -0.39 is 11.4 Å². The molecule has 2 aliphatic rings. The molecule has 1 amide bonds. The van der Waals surface area contributed by atoms with Crippen molar-refractivity contribution in [3.63, 3.8) is 0 Å². The third kappa shape index (κ3) is 2.78. The predicted molar refractivity (Wildman–Crippen MR) is 69.9 cm³/mol. The van der Waals surface area contributed by atoms with E-state index in [-0.39, 0.29) is 24.2 Å². The number of aliphatic carboxylic acids is 1. The fourth-order valence-corrected chi connectivity index (χ4v) is 3.27. The Hall–Kier alpha value is -1.59. The summed E-state index contributed by atoms with van der Waals surface area (Å²) in [6.45, 7) is 0.857. The average molecular weight is 283 g/mol. The Kier molecular flexibility index (Phi) is 4.30. The third-order valence-electron chi connectivity index (χ3n) is 4.58. The Morgan fingerprint density at radius 2 is 1.95 bits per heavy atom. The van der Waals surface area contributed by atoms with Gasteiger partial charge in [0.2, 0.25) is 5.91 Å². The smallest absolute Gasteiger partial charge is 0.310 e. The van der Waals surface area contributed by atoms with Crippen molar-refractivity contribution in [2.45, 2.75) is 38.5 Å². The van der Waals surface area contributed by atoms with Crippen LogP contribution in [0.2, 0.25) is 0 Å². The van der Waals surface area contributed by atoms with Gasteiger partial charge in [-0.05, 0) is 19.3 Å². The molecule has 1 heterocycles. The first-order valence-corrected chi connectivity index (χ1v) is 7.07. The van der Waals surface area contributed by atoms with Gasteiger partial charge in [0, 0.05) is 19.5 Å². The standard InChI is InChI=1S/C14H21NO5/c1-20-12(17)10-4-7-15(9-10)11(16)8-14(13(18)19)5-2-3-6-14/h10H,2-9H2,1H3,(H,18,19). The SMILES string of the molecule is COC(=O)C1CCN(C(=O)CC2(C(=O)O)CCCC2)C1. The highest BCUT2D eigenvalue weighted by Gasteiger charge is 2.44. The number of carbonyl (C=O) groups is 3. The minimum absolute atomic E-state index is 0.0518. The summed E-state index contributed by atoms with van der Waals surface area (Å²) in [7, 11) is 1.34. The maximum absolute atomic E-state index is 12.3. The van der Waals surface area contributed by atoms with Gasteiger partial charge in [-0.2, -0.15) is 0 Å². The highest BCUT2D eigenvalue weighted by molar-refractivity contribution is 5.86. The first kappa shape index (κ1) is 14.8. The van der Waals surface area contributed by atoms with Crippen molar-refractivity contribution in [3.8, 4) is 0 Å². The number of methoxy groups -OCH3 is 1. The molecule has 2 rings (SSSR count). The van der Waals surface area contributed by atoms with Crippen LogP contribution >= 0.6 is 0 Å². The molecule has 1 unspecified atom stereocenters. The molecule has 0 bridgehead atoms. The first-order valence-electron chi connectivity index (χ1n) is 7.07. The summed E-state index contributed by atoms with van der Waals surface area (Å²) in [6, 6.07) is 0. The molecular formula is C14H21NO5. The lowest BCUT2D eigenvalue weighted by Gasteiger charge is -2.26. The van der Waals surface area contributed by atoms with Gasteiger partial charge in [-0.25, -0.2) is 0 Å². The van der Waals surface area contributed by atoms with Crippen molar-refractivity contribution < 1.29 is 24.2 Å². The minimum Gasteiger partial charge on any atom is -0.481 e. The second-order valence-corrected chi connectivity index (χ2v) is 5.82.